The molecule has 1 aliphatic carbocycles. The maximum absolute atomic E-state index is 12.7. The second-order valence-electron chi connectivity index (χ2n) is 6.93. The number of imidazole rings is 1. The summed E-state index contributed by atoms with van der Waals surface area (Å²) in [4.78, 5) is 25.1. The maximum atomic E-state index is 12.7. The Labute approximate surface area is 148 Å². The van der Waals surface area contributed by atoms with E-state index in [4.69, 9.17) is 5.73 Å². The molecule has 2 atom stereocenters. The number of hydrogen-bond acceptors (Lipinski definition) is 3. The van der Waals surface area contributed by atoms with Gasteiger partial charge in [-0.2, -0.15) is 0 Å². The van der Waals surface area contributed by atoms with Crippen LogP contribution in [0.5, 0.6) is 0 Å². The summed E-state index contributed by atoms with van der Waals surface area (Å²) in [5.74, 6) is 0.391. The van der Waals surface area contributed by atoms with Gasteiger partial charge in [0, 0.05) is 25.6 Å². The number of amides is 1. The number of fused-ring (bicyclic) bond motifs is 1. The van der Waals surface area contributed by atoms with Gasteiger partial charge in [-0.1, -0.05) is 25.5 Å². The number of hydrogen-bond donors (Lipinski definition) is 2. The number of para-hydroxylation sites is 2. The highest BCUT2D eigenvalue weighted by molar-refractivity contribution is 5.78. The zero-order chi connectivity index (χ0) is 17.8. The van der Waals surface area contributed by atoms with Crippen LogP contribution in [0.4, 0.5) is 0 Å². The lowest BCUT2D eigenvalue weighted by molar-refractivity contribution is -0.122. The standard InChI is InChI=1S/C19H28N4O2/c1-2-11-22-16-8-3-4-9-17(16)23(19(22)25)12-10-18(24)21-15-7-5-6-14(15)13-20/h3-4,8-9,14-15H,2,5-7,10-13,20H2,1H3,(H,21,24). The van der Waals surface area contributed by atoms with Crippen molar-refractivity contribution in [1.82, 2.24) is 14.5 Å². The van der Waals surface area contributed by atoms with Crippen molar-refractivity contribution in [2.75, 3.05) is 6.54 Å². The molecule has 2 unspecified atom stereocenters. The van der Waals surface area contributed by atoms with Crippen molar-refractivity contribution in [1.29, 1.82) is 0 Å². The van der Waals surface area contributed by atoms with Crippen LogP contribution in [0.3, 0.4) is 0 Å². The summed E-state index contributed by atoms with van der Waals surface area (Å²) in [6.07, 6.45) is 4.43. The fourth-order valence-electron chi connectivity index (χ4n) is 3.93. The van der Waals surface area contributed by atoms with Gasteiger partial charge in [0.1, 0.15) is 0 Å². The van der Waals surface area contributed by atoms with Crippen LogP contribution in [0.2, 0.25) is 0 Å². The number of nitrogens with one attached hydrogen (secondary N) is 1. The molecule has 0 radical (unpaired) electrons. The molecular formula is C19H28N4O2. The van der Waals surface area contributed by atoms with Gasteiger partial charge >= 0.3 is 5.69 Å². The van der Waals surface area contributed by atoms with Crippen molar-refractivity contribution in [2.24, 2.45) is 11.7 Å². The molecule has 1 amide bonds. The predicted octanol–water partition coefficient (Wildman–Crippen LogP) is 1.85. The summed E-state index contributed by atoms with van der Waals surface area (Å²) < 4.78 is 3.52. The van der Waals surface area contributed by atoms with Crippen molar-refractivity contribution in [2.45, 2.75) is 58.2 Å². The summed E-state index contributed by atoms with van der Waals surface area (Å²) in [5, 5.41) is 3.11. The molecule has 0 aliphatic heterocycles. The van der Waals surface area contributed by atoms with Gasteiger partial charge in [0.15, 0.2) is 0 Å². The summed E-state index contributed by atoms with van der Waals surface area (Å²) in [6, 6.07) is 7.97. The molecule has 2 aromatic rings. The number of carbonyl (C=O) groups is 1. The first kappa shape index (κ1) is 17.7. The zero-order valence-electron chi connectivity index (χ0n) is 14.9. The molecule has 136 valence electrons. The van der Waals surface area contributed by atoms with E-state index in [-0.39, 0.29) is 17.6 Å². The molecular weight excluding hydrogens is 316 g/mol. The fraction of sp³-hybridized carbons (Fsp3) is 0.579. The number of aromatic nitrogens is 2. The van der Waals surface area contributed by atoms with Crippen LogP contribution in [0.1, 0.15) is 39.0 Å². The van der Waals surface area contributed by atoms with Crippen LogP contribution in [-0.2, 0) is 17.9 Å². The molecule has 3 rings (SSSR count). The number of benzene rings is 1. The highest BCUT2D eigenvalue weighted by Crippen LogP contribution is 2.24. The van der Waals surface area contributed by atoms with E-state index in [2.05, 4.69) is 12.2 Å². The average Bonchev–Trinajstić information content (AvgIpc) is 3.17. The van der Waals surface area contributed by atoms with Crippen LogP contribution < -0.4 is 16.7 Å². The van der Waals surface area contributed by atoms with Gasteiger partial charge in [0.2, 0.25) is 5.91 Å². The minimum absolute atomic E-state index is 0.00423. The van der Waals surface area contributed by atoms with E-state index < -0.39 is 0 Å². The van der Waals surface area contributed by atoms with E-state index in [1.807, 2.05) is 24.3 Å². The number of nitrogens with two attached hydrogens (primary N) is 1. The quantitative estimate of drug-likeness (QED) is 0.804. The van der Waals surface area contributed by atoms with Crippen molar-refractivity contribution in [3.05, 3.63) is 34.7 Å². The molecule has 25 heavy (non-hydrogen) atoms. The SMILES string of the molecule is CCCn1c(=O)n(CCC(=O)NC2CCCC2CN)c2ccccc21. The largest absolute Gasteiger partial charge is 0.353 e. The second kappa shape index (κ2) is 7.87. The molecule has 1 saturated carbocycles. The third-order valence-electron chi connectivity index (χ3n) is 5.24. The third-order valence-corrected chi connectivity index (χ3v) is 5.24. The molecule has 0 spiro atoms. The normalized spacial score (nSPS) is 20.2. The highest BCUT2D eigenvalue weighted by Gasteiger charge is 2.27. The van der Waals surface area contributed by atoms with Gasteiger partial charge in [-0.15, -0.1) is 0 Å². The maximum Gasteiger partial charge on any atom is 0.329 e. The smallest absolute Gasteiger partial charge is 0.329 e. The molecule has 1 aromatic carbocycles. The van der Waals surface area contributed by atoms with Gasteiger partial charge in [-0.05, 0) is 43.9 Å². The molecule has 0 saturated heterocycles. The summed E-state index contributed by atoms with van der Waals surface area (Å²) in [7, 11) is 0. The highest BCUT2D eigenvalue weighted by atomic mass is 16.2. The minimum atomic E-state index is -0.0310. The number of aryl methyl sites for hydroxylation is 2. The Hall–Kier alpha value is -2.08. The fourth-order valence-corrected chi connectivity index (χ4v) is 3.93. The number of carbonyl (C=O) groups excluding carboxylic acids is 1. The van der Waals surface area contributed by atoms with Crippen molar-refractivity contribution in [3.63, 3.8) is 0 Å². The first-order valence-corrected chi connectivity index (χ1v) is 9.33. The van der Waals surface area contributed by atoms with Crippen LogP contribution in [0.15, 0.2) is 29.1 Å². The van der Waals surface area contributed by atoms with Gasteiger partial charge in [0.25, 0.3) is 0 Å². The first-order chi connectivity index (χ1) is 12.2. The van der Waals surface area contributed by atoms with Crippen LogP contribution in [-0.4, -0.2) is 27.6 Å². The topological polar surface area (TPSA) is 82.0 Å². The van der Waals surface area contributed by atoms with Gasteiger partial charge < -0.3 is 11.1 Å². The zero-order valence-corrected chi connectivity index (χ0v) is 14.9. The van der Waals surface area contributed by atoms with Gasteiger partial charge in [-0.3, -0.25) is 13.9 Å². The van der Waals surface area contributed by atoms with E-state index in [0.717, 1.165) is 36.7 Å². The number of nitrogens with zero attached hydrogens (tertiary/aromatic N) is 2. The van der Waals surface area contributed by atoms with Crippen LogP contribution in [0.25, 0.3) is 11.0 Å². The Balaban J connectivity index is 1.72. The van der Waals surface area contributed by atoms with E-state index in [9.17, 15) is 9.59 Å². The number of rotatable bonds is 7. The average molecular weight is 344 g/mol. The lowest BCUT2D eigenvalue weighted by Crippen LogP contribution is -2.40. The summed E-state index contributed by atoms with van der Waals surface area (Å²) >= 11 is 0. The van der Waals surface area contributed by atoms with Crippen molar-refractivity contribution >= 4 is 16.9 Å². The molecule has 1 fully saturated rings. The minimum Gasteiger partial charge on any atom is -0.353 e. The molecule has 6 heteroatoms. The van der Waals surface area contributed by atoms with Gasteiger partial charge in [0.05, 0.1) is 11.0 Å². The predicted molar refractivity (Wildman–Crippen MR) is 99.4 cm³/mol. The van der Waals surface area contributed by atoms with Crippen molar-refractivity contribution < 1.29 is 4.79 Å². The van der Waals surface area contributed by atoms with E-state index >= 15 is 0 Å². The third kappa shape index (κ3) is 3.63. The molecule has 6 nitrogen and oxygen atoms in total. The summed E-state index contributed by atoms with van der Waals surface area (Å²) in [5.41, 5.74) is 7.58. The lowest BCUT2D eigenvalue weighted by atomic mass is 10.0. The molecule has 1 heterocycles. The first-order valence-electron chi connectivity index (χ1n) is 9.33. The second-order valence-corrected chi connectivity index (χ2v) is 6.93. The van der Waals surface area contributed by atoms with Gasteiger partial charge in [-0.25, -0.2) is 4.79 Å². The lowest BCUT2D eigenvalue weighted by Gasteiger charge is -2.19. The molecule has 3 N–H and O–H groups in total. The Bertz CT molecular complexity index is 792. The van der Waals surface area contributed by atoms with Crippen LogP contribution >= 0.6 is 0 Å². The Morgan fingerprint density at radius 2 is 1.88 bits per heavy atom. The van der Waals surface area contributed by atoms with E-state index in [0.29, 0.717) is 32.0 Å². The van der Waals surface area contributed by atoms with E-state index in [1.165, 1.54) is 0 Å². The molecule has 0 bridgehead atoms. The monoisotopic (exact) mass is 344 g/mol. The Morgan fingerprint density at radius 1 is 1.20 bits per heavy atom. The summed E-state index contributed by atoms with van der Waals surface area (Å²) in [6.45, 7) is 3.77. The van der Waals surface area contributed by atoms with Crippen molar-refractivity contribution in [3.8, 4) is 0 Å². The molecule has 1 aliphatic rings. The van der Waals surface area contributed by atoms with Crippen LogP contribution in [0, 0.1) is 5.92 Å². The molecule has 1 aromatic heterocycles. The Morgan fingerprint density at radius 3 is 2.52 bits per heavy atom. The Kier molecular flexibility index (Phi) is 5.58. The van der Waals surface area contributed by atoms with E-state index in [1.54, 1.807) is 9.13 Å².